The van der Waals surface area contributed by atoms with Gasteiger partial charge in [-0.25, -0.2) is 4.98 Å². The normalized spacial score (nSPS) is 14.3. The lowest BCUT2D eigenvalue weighted by molar-refractivity contribution is 0.217. The molecule has 5 nitrogen and oxygen atoms in total. The average molecular weight is 1490 g/mol. The van der Waals surface area contributed by atoms with Gasteiger partial charge in [-0.3, -0.25) is 4.90 Å². The van der Waals surface area contributed by atoms with Crippen molar-refractivity contribution in [2.24, 2.45) is 0 Å². The summed E-state index contributed by atoms with van der Waals surface area (Å²) in [6, 6.07) is 142. The molecule has 0 spiro atoms. The molecular formula is C112H76N4O. The van der Waals surface area contributed by atoms with E-state index in [0.29, 0.717) is 17.6 Å². The van der Waals surface area contributed by atoms with Gasteiger partial charge >= 0.3 is 0 Å². The SMILES string of the molecule is CC1(C)c2ccccc2-c2cc3c(cc21)N(c1nc(-c2cccc(-c4cc(-c5cccc(-c6cccc7ccccc67)c5)cc(-c5cccc(-c6cccc7ccccc67)c5)c4)c2)nc(-c2cccc(-c4cc(-c5cccc(-c6cccc7ccccc67)c5)cc(-c5cccc(-c6cccc7ccccc67)c5)c4)c2)n1)C1C=CC=CC1O3. The molecule has 22 rings (SSSR count). The molecule has 0 saturated heterocycles. The Morgan fingerprint density at radius 3 is 0.940 bits per heavy atom. The van der Waals surface area contributed by atoms with Crippen molar-refractivity contribution >= 4 is 54.7 Å². The second-order valence-corrected chi connectivity index (χ2v) is 31.7. The molecule has 0 bridgehead atoms. The van der Waals surface area contributed by atoms with Gasteiger partial charge in [-0.05, 0) is 268 Å². The van der Waals surface area contributed by atoms with Crippen LogP contribution in [0.5, 0.6) is 5.75 Å². The van der Waals surface area contributed by atoms with Crippen LogP contribution in [0.3, 0.4) is 0 Å². The highest BCUT2D eigenvalue weighted by Gasteiger charge is 2.42. The fraction of sp³-hybridized carbons (Fsp3) is 0.0446. The first kappa shape index (κ1) is 68.9. The fourth-order valence-corrected chi connectivity index (χ4v) is 18.5. The summed E-state index contributed by atoms with van der Waals surface area (Å²) in [5.41, 5.74) is 29.7. The highest BCUT2D eigenvalue weighted by molar-refractivity contribution is 6.02. The molecule has 2 unspecified atom stereocenters. The van der Waals surface area contributed by atoms with Crippen molar-refractivity contribution in [2.75, 3.05) is 4.90 Å². The molecule has 0 fully saturated rings. The molecule has 2 heterocycles. The van der Waals surface area contributed by atoms with Crippen LogP contribution in [0.4, 0.5) is 11.6 Å². The molecule has 0 radical (unpaired) electrons. The fourth-order valence-electron chi connectivity index (χ4n) is 18.5. The van der Waals surface area contributed by atoms with Crippen LogP contribution in [0, 0.1) is 0 Å². The highest BCUT2D eigenvalue weighted by Crippen LogP contribution is 2.55. The van der Waals surface area contributed by atoms with E-state index in [1.54, 1.807) is 0 Å². The molecule has 1 aliphatic heterocycles. The standard InChI is InChI=1S/C112H76N4O/c1-112(2)103-54-12-11-49-101(103)102-69-108-106(70-104(102)112)116(105-55-13-14-56-107(105)117-108)111-114-109(85-43-19-37-79(61-85)91-65-87(75-33-15-39-81(57-75)97-50-21-29-71-25-3-7-45-93(71)97)63-88(66-91)76-34-16-40-82(58-76)98-51-22-30-72-26-4-8-46-94(72)98)113-110(115-111)86-44-20-38-80(62-86)92-67-89(77-35-17-41-83(59-77)99-52-23-31-73-27-5-9-47-95(73)99)64-90(68-92)78-36-18-42-84(60-78)100-53-24-32-74-28-6-10-48-96(74)100/h3-70,105,107H,1-2H3. The number of allylic oxidation sites excluding steroid dienone is 2. The van der Waals surface area contributed by atoms with Gasteiger partial charge < -0.3 is 4.74 Å². The number of nitrogens with zero attached hydrogens (tertiary/aromatic N) is 4. The number of hydrogen-bond acceptors (Lipinski definition) is 5. The summed E-state index contributed by atoms with van der Waals surface area (Å²) in [6.07, 6.45) is 8.25. The van der Waals surface area contributed by atoms with E-state index in [0.717, 1.165) is 112 Å². The van der Waals surface area contributed by atoms with Crippen molar-refractivity contribution < 1.29 is 4.74 Å². The predicted molar refractivity (Wildman–Crippen MR) is 488 cm³/mol. The third-order valence-corrected chi connectivity index (χ3v) is 24.3. The van der Waals surface area contributed by atoms with Crippen molar-refractivity contribution in [2.45, 2.75) is 31.4 Å². The largest absolute Gasteiger partial charge is 0.482 e. The molecule has 18 aromatic carbocycles. The van der Waals surface area contributed by atoms with Crippen LogP contribution in [0.2, 0.25) is 0 Å². The van der Waals surface area contributed by atoms with Crippen LogP contribution < -0.4 is 9.64 Å². The van der Waals surface area contributed by atoms with Crippen molar-refractivity contribution in [3.8, 4) is 151 Å². The van der Waals surface area contributed by atoms with E-state index in [9.17, 15) is 0 Å². The molecular weight excluding hydrogens is 1420 g/mol. The number of rotatable bonds is 13. The van der Waals surface area contributed by atoms with E-state index in [4.69, 9.17) is 19.7 Å². The van der Waals surface area contributed by atoms with Crippen molar-refractivity contribution in [3.63, 3.8) is 0 Å². The van der Waals surface area contributed by atoms with Gasteiger partial charge in [0.1, 0.15) is 11.9 Å². The maximum atomic E-state index is 7.15. The first-order valence-corrected chi connectivity index (χ1v) is 40.4. The van der Waals surface area contributed by atoms with Gasteiger partial charge in [0.25, 0.3) is 0 Å². The minimum absolute atomic E-state index is 0.297. The molecule has 117 heavy (non-hydrogen) atoms. The molecule has 2 atom stereocenters. The lowest BCUT2D eigenvalue weighted by Crippen LogP contribution is -2.47. The van der Waals surface area contributed by atoms with Crippen molar-refractivity contribution in [3.05, 3.63) is 424 Å². The van der Waals surface area contributed by atoms with E-state index in [1.807, 2.05) is 0 Å². The lowest BCUT2D eigenvalue weighted by Gasteiger charge is -2.41. The quantitative estimate of drug-likeness (QED) is 0.115. The number of fused-ring (bicyclic) bond motifs is 9. The summed E-state index contributed by atoms with van der Waals surface area (Å²) in [6.45, 7) is 4.67. The van der Waals surface area contributed by atoms with Gasteiger partial charge in [0.05, 0.1) is 11.7 Å². The second kappa shape index (κ2) is 28.3. The third-order valence-electron chi connectivity index (χ3n) is 24.3. The average Bonchev–Trinajstić information content (AvgIpc) is 1.59. The molecule has 0 amide bonds. The van der Waals surface area contributed by atoms with Gasteiger partial charge in [-0.1, -0.05) is 335 Å². The molecule has 0 N–H and O–H groups in total. The number of ether oxygens (including phenoxy) is 1. The van der Waals surface area contributed by atoms with Gasteiger partial charge in [0.2, 0.25) is 5.95 Å². The monoisotopic (exact) mass is 1490 g/mol. The Hall–Kier alpha value is -14.9. The molecule has 5 heteroatoms. The number of aromatic nitrogens is 3. The Balaban J connectivity index is 0.720. The summed E-state index contributed by atoms with van der Waals surface area (Å²) in [5.74, 6) is 2.37. The number of benzene rings is 18. The summed E-state index contributed by atoms with van der Waals surface area (Å²) >= 11 is 0. The first-order valence-electron chi connectivity index (χ1n) is 40.4. The molecule has 19 aromatic rings. The lowest BCUT2D eigenvalue weighted by atomic mass is 9.82. The van der Waals surface area contributed by atoms with E-state index in [1.165, 1.54) is 87.6 Å². The molecule has 1 aromatic heterocycles. The van der Waals surface area contributed by atoms with Gasteiger partial charge in [-0.15, -0.1) is 0 Å². The predicted octanol–water partition coefficient (Wildman–Crippen LogP) is 29.2. The maximum absolute atomic E-state index is 7.15. The van der Waals surface area contributed by atoms with Gasteiger partial charge in [-0.2, -0.15) is 9.97 Å². The Kier molecular flexibility index (Phi) is 16.7. The molecule has 3 aliphatic rings. The highest BCUT2D eigenvalue weighted by atomic mass is 16.5. The zero-order valence-corrected chi connectivity index (χ0v) is 64.6. The van der Waals surface area contributed by atoms with E-state index in [-0.39, 0.29) is 17.6 Å². The van der Waals surface area contributed by atoms with Crippen LogP contribution in [0.25, 0.3) is 188 Å². The maximum Gasteiger partial charge on any atom is 0.234 e. The van der Waals surface area contributed by atoms with Crippen LogP contribution in [0.1, 0.15) is 25.0 Å². The first-order chi connectivity index (χ1) is 57.7. The number of hydrogen-bond donors (Lipinski definition) is 0. The summed E-state index contributed by atoms with van der Waals surface area (Å²) in [5, 5.41) is 9.74. The third kappa shape index (κ3) is 12.4. The Labute approximate surface area is 680 Å². The van der Waals surface area contributed by atoms with E-state index < -0.39 is 0 Å². The minimum Gasteiger partial charge on any atom is -0.482 e. The smallest absolute Gasteiger partial charge is 0.234 e. The van der Waals surface area contributed by atoms with Crippen LogP contribution in [0.15, 0.2) is 413 Å². The molecule has 550 valence electrons. The van der Waals surface area contributed by atoms with Crippen LogP contribution in [-0.2, 0) is 5.41 Å². The Morgan fingerprint density at radius 1 is 0.248 bits per heavy atom. The van der Waals surface area contributed by atoms with Gasteiger partial charge in [0.15, 0.2) is 11.6 Å². The Bertz CT molecular complexity index is 6670. The van der Waals surface area contributed by atoms with Gasteiger partial charge in [0, 0.05) is 16.5 Å². The zero-order valence-electron chi connectivity index (χ0n) is 64.6. The summed E-state index contributed by atoms with van der Waals surface area (Å²) in [7, 11) is 0. The van der Waals surface area contributed by atoms with Crippen molar-refractivity contribution in [1.82, 2.24) is 15.0 Å². The zero-order chi connectivity index (χ0) is 77.7. The number of anilines is 2. The van der Waals surface area contributed by atoms with E-state index >= 15 is 0 Å². The van der Waals surface area contributed by atoms with Crippen LogP contribution >= 0.6 is 0 Å². The summed E-state index contributed by atoms with van der Waals surface area (Å²) < 4.78 is 7.15. The molecule has 0 saturated carbocycles. The molecule has 2 aliphatic carbocycles. The topological polar surface area (TPSA) is 51.1 Å². The Morgan fingerprint density at radius 2 is 0.547 bits per heavy atom. The minimum atomic E-state index is -0.343. The van der Waals surface area contributed by atoms with Crippen LogP contribution in [-0.4, -0.2) is 27.1 Å². The summed E-state index contributed by atoms with van der Waals surface area (Å²) in [4.78, 5) is 19.5. The second-order valence-electron chi connectivity index (χ2n) is 31.7. The van der Waals surface area contributed by atoms with E-state index in [2.05, 4.69) is 431 Å². The van der Waals surface area contributed by atoms with Crippen molar-refractivity contribution in [1.29, 1.82) is 0 Å².